The molecule has 0 atom stereocenters. The summed E-state index contributed by atoms with van der Waals surface area (Å²) in [6, 6.07) is 5.10. The van der Waals surface area contributed by atoms with E-state index in [4.69, 9.17) is 4.84 Å². The molecule has 0 saturated heterocycles. The minimum atomic E-state index is 0.170. The number of rotatable bonds is 4. The minimum Gasteiger partial charge on any atom is -0.507 e. The van der Waals surface area contributed by atoms with Crippen molar-refractivity contribution in [2.45, 2.75) is 13.3 Å². The van der Waals surface area contributed by atoms with E-state index >= 15 is 0 Å². The minimum absolute atomic E-state index is 0.170. The third-order valence-corrected chi connectivity index (χ3v) is 2.24. The number of phenolic OH excluding ortho intramolecular Hbond substituents is 1. The molecule has 0 heterocycles. The number of nitrogens with zero attached hydrogens (tertiary/aromatic N) is 1. The van der Waals surface area contributed by atoms with Gasteiger partial charge in [0.15, 0.2) is 0 Å². The summed E-state index contributed by atoms with van der Waals surface area (Å²) in [5, 5.41) is 13.2. The second kappa shape index (κ2) is 6.91. The second-order valence-electron chi connectivity index (χ2n) is 2.95. The Bertz CT molecular complexity index is 432. The third-order valence-electron chi connectivity index (χ3n) is 1.75. The van der Waals surface area contributed by atoms with Crippen LogP contribution >= 0.6 is 15.9 Å². The van der Waals surface area contributed by atoms with Crippen LogP contribution in [0.2, 0.25) is 0 Å². The van der Waals surface area contributed by atoms with Gasteiger partial charge in [-0.05, 0) is 25.1 Å². The molecule has 0 radical (unpaired) electrons. The predicted molar refractivity (Wildman–Crippen MR) is 67.4 cm³/mol. The zero-order valence-electron chi connectivity index (χ0n) is 8.90. The van der Waals surface area contributed by atoms with Crippen LogP contribution in [0.15, 0.2) is 27.8 Å². The van der Waals surface area contributed by atoms with Gasteiger partial charge >= 0.3 is 0 Å². The molecule has 1 rings (SSSR count). The zero-order chi connectivity index (χ0) is 11.8. The fourth-order valence-electron chi connectivity index (χ4n) is 0.997. The number of aromatic hydroxyl groups is 1. The highest BCUT2D eigenvalue weighted by Gasteiger charge is 1.98. The quantitative estimate of drug-likeness (QED) is 0.399. The van der Waals surface area contributed by atoms with Crippen LogP contribution in [0.3, 0.4) is 0 Å². The Morgan fingerprint density at radius 3 is 3.12 bits per heavy atom. The van der Waals surface area contributed by atoms with Gasteiger partial charge in [0.05, 0.1) is 6.21 Å². The average Bonchev–Trinajstić information content (AvgIpc) is 2.28. The lowest BCUT2D eigenvalue weighted by Crippen LogP contribution is -1.88. The Kier molecular flexibility index (Phi) is 5.44. The van der Waals surface area contributed by atoms with Crippen molar-refractivity contribution in [1.82, 2.24) is 0 Å². The maximum atomic E-state index is 9.49. The van der Waals surface area contributed by atoms with Gasteiger partial charge in [-0.15, -0.1) is 5.92 Å². The molecule has 84 valence electrons. The highest BCUT2D eigenvalue weighted by molar-refractivity contribution is 9.10. The maximum Gasteiger partial charge on any atom is 0.128 e. The highest BCUT2D eigenvalue weighted by atomic mass is 79.9. The van der Waals surface area contributed by atoms with E-state index in [1.54, 1.807) is 25.1 Å². The van der Waals surface area contributed by atoms with Crippen molar-refractivity contribution < 1.29 is 9.94 Å². The first-order valence-electron chi connectivity index (χ1n) is 4.77. The summed E-state index contributed by atoms with van der Waals surface area (Å²) in [6.07, 6.45) is 2.12. The number of oxime groups is 1. The lowest BCUT2D eigenvalue weighted by molar-refractivity contribution is 0.152. The molecule has 16 heavy (non-hydrogen) atoms. The van der Waals surface area contributed by atoms with Gasteiger partial charge in [0.2, 0.25) is 0 Å². The number of halogens is 1. The van der Waals surface area contributed by atoms with E-state index in [-0.39, 0.29) is 5.75 Å². The molecule has 4 heteroatoms. The zero-order valence-corrected chi connectivity index (χ0v) is 10.5. The Balaban J connectivity index is 2.48. The van der Waals surface area contributed by atoms with E-state index < -0.39 is 0 Å². The van der Waals surface area contributed by atoms with Crippen molar-refractivity contribution >= 4 is 22.1 Å². The molecule has 0 aliphatic heterocycles. The van der Waals surface area contributed by atoms with Crippen molar-refractivity contribution in [2.24, 2.45) is 5.16 Å². The monoisotopic (exact) mass is 281 g/mol. The van der Waals surface area contributed by atoms with Crippen molar-refractivity contribution in [1.29, 1.82) is 0 Å². The molecule has 0 unspecified atom stereocenters. The van der Waals surface area contributed by atoms with Crippen LogP contribution in [-0.4, -0.2) is 17.9 Å². The van der Waals surface area contributed by atoms with Crippen molar-refractivity contribution in [3.8, 4) is 17.6 Å². The fraction of sp³-hybridized carbons (Fsp3) is 0.250. The van der Waals surface area contributed by atoms with E-state index in [1.165, 1.54) is 6.21 Å². The molecule has 0 fully saturated rings. The summed E-state index contributed by atoms with van der Waals surface area (Å²) >= 11 is 3.31. The highest BCUT2D eigenvalue weighted by Crippen LogP contribution is 2.19. The molecular formula is C12H12BrNO2. The van der Waals surface area contributed by atoms with Crippen LogP contribution in [0.1, 0.15) is 18.9 Å². The van der Waals surface area contributed by atoms with Crippen molar-refractivity contribution in [3.63, 3.8) is 0 Å². The third kappa shape index (κ3) is 4.37. The van der Waals surface area contributed by atoms with Gasteiger partial charge in [-0.25, -0.2) is 0 Å². The van der Waals surface area contributed by atoms with Crippen molar-refractivity contribution in [3.05, 3.63) is 28.2 Å². The summed E-state index contributed by atoms with van der Waals surface area (Å²) < 4.78 is 0.878. The van der Waals surface area contributed by atoms with Gasteiger partial charge in [-0.1, -0.05) is 27.0 Å². The topological polar surface area (TPSA) is 41.8 Å². The van der Waals surface area contributed by atoms with Gasteiger partial charge in [0.1, 0.15) is 12.4 Å². The van der Waals surface area contributed by atoms with Crippen LogP contribution < -0.4 is 0 Å². The SMILES string of the molecule is CC#CCCO/N=C/c1cc(Br)ccc1O. The number of hydrogen-bond acceptors (Lipinski definition) is 3. The van der Waals surface area contributed by atoms with E-state index in [1.807, 2.05) is 0 Å². The van der Waals surface area contributed by atoms with Crippen molar-refractivity contribution in [2.75, 3.05) is 6.61 Å². The molecular weight excluding hydrogens is 270 g/mol. The van der Waals surface area contributed by atoms with Crippen LogP contribution in [0, 0.1) is 11.8 Å². The Morgan fingerprint density at radius 2 is 2.38 bits per heavy atom. The smallest absolute Gasteiger partial charge is 0.128 e. The molecule has 0 aliphatic carbocycles. The fourth-order valence-corrected chi connectivity index (χ4v) is 1.38. The molecule has 0 amide bonds. The molecule has 0 saturated carbocycles. The van der Waals surface area contributed by atoms with Crippen LogP contribution in [-0.2, 0) is 4.84 Å². The largest absolute Gasteiger partial charge is 0.507 e. The summed E-state index contributed by atoms with van der Waals surface area (Å²) in [5.74, 6) is 5.80. The van der Waals surface area contributed by atoms with Gasteiger partial charge in [-0.2, -0.15) is 0 Å². The molecule has 0 bridgehead atoms. The van der Waals surface area contributed by atoms with Crippen LogP contribution in [0.5, 0.6) is 5.75 Å². The van der Waals surface area contributed by atoms with Gasteiger partial charge in [0.25, 0.3) is 0 Å². The molecule has 1 aromatic rings. The maximum absolute atomic E-state index is 9.49. The van der Waals surface area contributed by atoms with Gasteiger partial charge < -0.3 is 9.94 Å². The standard InChI is InChI=1S/C12H12BrNO2/c1-2-3-4-7-16-14-9-10-8-11(13)5-6-12(10)15/h5-6,8-9,15H,4,7H2,1H3/b14-9+. The Labute approximate surface area is 103 Å². The first-order chi connectivity index (χ1) is 7.74. The predicted octanol–water partition coefficient (Wildman–Crippen LogP) is 2.92. The second-order valence-corrected chi connectivity index (χ2v) is 3.86. The molecule has 0 spiro atoms. The lowest BCUT2D eigenvalue weighted by Gasteiger charge is -1.99. The molecule has 1 N–H and O–H groups in total. The lowest BCUT2D eigenvalue weighted by atomic mass is 10.2. The number of phenols is 1. The molecule has 0 aliphatic rings. The summed E-state index contributed by atoms with van der Waals surface area (Å²) in [4.78, 5) is 4.98. The molecule has 1 aromatic carbocycles. The first kappa shape index (κ1) is 12.6. The van der Waals surface area contributed by atoms with E-state index in [9.17, 15) is 5.11 Å². The number of hydrogen-bond donors (Lipinski definition) is 1. The first-order valence-corrected chi connectivity index (χ1v) is 5.57. The molecule has 3 nitrogen and oxygen atoms in total. The van der Waals surface area contributed by atoms with E-state index in [0.717, 1.165) is 4.47 Å². The number of benzene rings is 1. The van der Waals surface area contributed by atoms with E-state index in [0.29, 0.717) is 18.6 Å². The average molecular weight is 282 g/mol. The van der Waals surface area contributed by atoms with Gasteiger partial charge in [0, 0.05) is 16.5 Å². The molecule has 0 aromatic heterocycles. The summed E-state index contributed by atoms with van der Waals surface area (Å²) in [6.45, 7) is 2.23. The Morgan fingerprint density at radius 1 is 1.56 bits per heavy atom. The normalized spacial score (nSPS) is 9.88. The van der Waals surface area contributed by atoms with Crippen LogP contribution in [0.25, 0.3) is 0 Å². The van der Waals surface area contributed by atoms with Crippen LogP contribution in [0.4, 0.5) is 0 Å². The summed E-state index contributed by atoms with van der Waals surface area (Å²) in [7, 11) is 0. The van der Waals surface area contributed by atoms with Gasteiger partial charge in [-0.3, -0.25) is 0 Å². The summed E-state index contributed by atoms with van der Waals surface area (Å²) in [5.41, 5.74) is 0.607. The Hall–Kier alpha value is -1.47. The van der Waals surface area contributed by atoms with E-state index in [2.05, 4.69) is 32.9 Å².